The average Bonchev–Trinajstić information content (AvgIpc) is 3.53. The van der Waals surface area contributed by atoms with Crippen LogP contribution in [0.3, 0.4) is 0 Å². The number of hydrogen-bond acceptors (Lipinski definition) is 6. The highest BCUT2D eigenvalue weighted by atomic mass is 19.1. The second-order valence-electron chi connectivity index (χ2n) is 8.24. The highest BCUT2D eigenvalue weighted by Gasteiger charge is 2.42. The van der Waals surface area contributed by atoms with Gasteiger partial charge in [-0.05, 0) is 43.9 Å². The van der Waals surface area contributed by atoms with Crippen molar-refractivity contribution in [1.29, 1.82) is 0 Å². The topological polar surface area (TPSA) is 125 Å². The van der Waals surface area contributed by atoms with Gasteiger partial charge in [0.1, 0.15) is 17.9 Å². The third-order valence-electron chi connectivity index (χ3n) is 5.99. The van der Waals surface area contributed by atoms with E-state index in [1.807, 2.05) is 0 Å². The molecule has 2 aromatic heterocycles. The van der Waals surface area contributed by atoms with Gasteiger partial charge in [-0.3, -0.25) is 29.1 Å². The van der Waals surface area contributed by atoms with E-state index >= 15 is 0 Å². The van der Waals surface area contributed by atoms with Crippen LogP contribution >= 0.6 is 0 Å². The number of rotatable bonds is 6. The zero-order valence-corrected chi connectivity index (χ0v) is 18.4. The predicted octanol–water partition coefficient (Wildman–Crippen LogP) is 0.966. The molecule has 4 heterocycles. The molecule has 0 saturated carbocycles. The Labute approximate surface area is 195 Å². The summed E-state index contributed by atoms with van der Waals surface area (Å²) in [6, 6.07) is 3.15. The fraction of sp³-hybridized carbons (Fsp3) is 0.391. The number of halogens is 1. The van der Waals surface area contributed by atoms with Gasteiger partial charge in [-0.2, -0.15) is 0 Å². The van der Waals surface area contributed by atoms with Gasteiger partial charge >= 0.3 is 0 Å². The van der Waals surface area contributed by atoms with Crippen LogP contribution in [0.25, 0.3) is 0 Å². The van der Waals surface area contributed by atoms with Crippen LogP contribution in [0.1, 0.15) is 36.0 Å². The monoisotopic (exact) mass is 468 g/mol. The third-order valence-corrected chi connectivity index (χ3v) is 5.99. The number of nitrogens with one attached hydrogen (secondary N) is 2. The minimum absolute atomic E-state index is 0.00128. The van der Waals surface area contributed by atoms with Crippen molar-refractivity contribution in [3.63, 3.8) is 0 Å². The number of pyridine rings is 2. The van der Waals surface area contributed by atoms with Crippen LogP contribution in [0.4, 0.5) is 10.1 Å². The maximum absolute atomic E-state index is 13.3. The quantitative estimate of drug-likeness (QED) is 0.651. The molecule has 2 N–H and O–H groups in total. The maximum atomic E-state index is 13.3. The lowest BCUT2D eigenvalue weighted by Crippen LogP contribution is -2.53. The number of carbonyl (C=O) groups excluding carboxylic acids is 4. The fourth-order valence-corrected chi connectivity index (χ4v) is 4.37. The van der Waals surface area contributed by atoms with Gasteiger partial charge in [0, 0.05) is 25.5 Å². The van der Waals surface area contributed by atoms with E-state index in [0.29, 0.717) is 44.5 Å². The first-order chi connectivity index (χ1) is 16.4. The Morgan fingerprint density at radius 3 is 2.50 bits per heavy atom. The van der Waals surface area contributed by atoms with Crippen LogP contribution in [-0.2, 0) is 14.4 Å². The van der Waals surface area contributed by atoms with E-state index < -0.39 is 29.7 Å². The summed E-state index contributed by atoms with van der Waals surface area (Å²) < 4.78 is 13.3. The van der Waals surface area contributed by atoms with E-state index in [1.54, 1.807) is 23.2 Å². The van der Waals surface area contributed by atoms with Gasteiger partial charge in [-0.1, -0.05) is 0 Å². The first-order valence-electron chi connectivity index (χ1n) is 11.1. The molecule has 4 rings (SSSR count). The van der Waals surface area contributed by atoms with Crippen molar-refractivity contribution in [2.75, 3.05) is 25.0 Å². The lowest BCUT2D eigenvalue weighted by atomic mass is 10.1. The molecule has 0 unspecified atom stereocenters. The smallest absolute Gasteiger partial charge is 0.253 e. The summed E-state index contributed by atoms with van der Waals surface area (Å²) in [6.45, 7) is 0.489. The molecule has 0 radical (unpaired) electrons. The molecule has 0 aromatic carbocycles. The molecule has 0 bridgehead atoms. The SMILES string of the molecule is O=C(NCC(=O)N1CCC[C@H]1C(=O)N1CCC[C@H]1C(=O)Nc1cccnc1)c1cncc(F)c1. The first-order valence-corrected chi connectivity index (χ1v) is 11.1. The van der Waals surface area contributed by atoms with Crippen molar-refractivity contribution in [3.05, 3.63) is 54.4 Å². The van der Waals surface area contributed by atoms with Crippen molar-refractivity contribution in [1.82, 2.24) is 25.1 Å². The molecular weight excluding hydrogens is 443 g/mol. The minimum Gasteiger partial charge on any atom is -0.343 e. The number of carbonyl (C=O) groups is 4. The highest BCUT2D eigenvalue weighted by Crippen LogP contribution is 2.25. The van der Waals surface area contributed by atoms with Crippen molar-refractivity contribution in [2.45, 2.75) is 37.8 Å². The van der Waals surface area contributed by atoms with E-state index in [9.17, 15) is 23.6 Å². The molecule has 34 heavy (non-hydrogen) atoms. The number of hydrogen-bond donors (Lipinski definition) is 2. The second-order valence-corrected chi connectivity index (χ2v) is 8.24. The fourth-order valence-electron chi connectivity index (χ4n) is 4.37. The highest BCUT2D eigenvalue weighted by molar-refractivity contribution is 5.99. The molecule has 2 saturated heterocycles. The number of anilines is 1. The van der Waals surface area contributed by atoms with Crippen LogP contribution in [0.15, 0.2) is 43.0 Å². The molecule has 2 aromatic rings. The number of nitrogens with zero attached hydrogens (tertiary/aromatic N) is 4. The summed E-state index contributed by atoms with van der Waals surface area (Å²) in [5, 5.41) is 5.24. The molecule has 2 fully saturated rings. The molecule has 0 aliphatic carbocycles. The number of likely N-dealkylation sites (tertiary alicyclic amines) is 2. The van der Waals surface area contributed by atoms with E-state index in [0.717, 1.165) is 12.3 Å². The third kappa shape index (κ3) is 5.19. The second kappa shape index (κ2) is 10.4. The van der Waals surface area contributed by atoms with E-state index in [4.69, 9.17) is 0 Å². The first kappa shape index (κ1) is 23.3. The minimum atomic E-state index is -0.688. The van der Waals surface area contributed by atoms with Gasteiger partial charge in [-0.25, -0.2) is 4.39 Å². The molecule has 178 valence electrons. The van der Waals surface area contributed by atoms with E-state index in [2.05, 4.69) is 20.6 Å². The molecule has 10 nitrogen and oxygen atoms in total. The molecule has 2 aliphatic heterocycles. The van der Waals surface area contributed by atoms with E-state index in [-0.39, 0.29) is 23.9 Å². The molecule has 11 heteroatoms. The standard InChI is InChI=1S/C23H25FN6O4/c24-16-10-15(11-26-12-16)21(32)27-14-20(31)29-8-3-6-19(29)23(34)30-9-2-5-18(30)22(33)28-17-4-1-7-25-13-17/h1,4,7,10-13,18-19H,2-3,5-6,8-9,14H2,(H,27,32)(H,28,33)/t18-,19-/m0/s1. The molecule has 0 spiro atoms. The van der Waals surface area contributed by atoms with Gasteiger partial charge in [-0.15, -0.1) is 0 Å². The summed E-state index contributed by atoms with van der Waals surface area (Å²) in [5.41, 5.74) is 0.551. The van der Waals surface area contributed by atoms with Crippen LogP contribution in [-0.4, -0.2) is 75.1 Å². The summed E-state index contributed by atoms with van der Waals surface area (Å²) in [4.78, 5) is 61.7. The van der Waals surface area contributed by atoms with Crippen molar-refractivity contribution >= 4 is 29.3 Å². The van der Waals surface area contributed by atoms with Gasteiger partial charge in [0.15, 0.2) is 0 Å². The maximum Gasteiger partial charge on any atom is 0.253 e. The largest absolute Gasteiger partial charge is 0.343 e. The average molecular weight is 468 g/mol. The van der Waals surface area contributed by atoms with Crippen molar-refractivity contribution in [2.24, 2.45) is 0 Å². The molecular formula is C23H25FN6O4. The van der Waals surface area contributed by atoms with Crippen LogP contribution in [0.2, 0.25) is 0 Å². The van der Waals surface area contributed by atoms with Crippen LogP contribution in [0.5, 0.6) is 0 Å². The van der Waals surface area contributed by atoms with E-state index in [1.165, 1.54) is 17.3 Å². The Bertz CT molecular complexity index is 1080. The van der Waals surface area contributed by atoms with Crippen molar-refractivity contribution < 1.29 is 23.6 Å². The lowest BCUT2D eigenvalue weighted by molar-refractivity contribution is -0.145. The number of amides is 4. The Hall–Kier alpha value is -3.89. The van der Waals surface area contributed by atoms with Crippen LogP contribution in [0, 0.1) is 5.82 Å². The normalized spacial score (nSPS) is 19.7. The summed E-state index contributed by atoms with van der Waals surface area (Å²) in [6.07, 6.45) is 7.67. The van der Waals surface area contributed by atoms with Gasteiger partial charge < -0.3 is 20.4 Å². The van der Waals surface area contributed by atoms with Gasteiger partial charge in [0.05, 0.1) is 30.2 Å². The van der Waals surface area contributed by atoms with Gasteiger partial charge in [0.2, 0.25) is 17.7 Å². The zero-order chi connectivity index (χ0) is 24.1. The summed E-state index contributed by atoms with van der Waals surface area (Å²) >= 11 is 0. The number of aromatic nitrogens is 2. The molecule has 2 aliphatic rings. The van der Waals surface area contributed by atoms with Crippen molar-refractivity contribution in [3.8, 4) is 0 Å². The Morgan fingerprint density at radius 2 is 1.76 bits per heavy atom. The summed E-state index contributed by atoms with van der Waals surface area (Å²) in [5.74, 6) is -2.25. The summed E-state index contributed by atoms with van der Waals surface area (Å²) in [7, 11) is 0. The predicted molar refractivity (Wildman–Crippen MR) is 119 cm³/mol. The Kier molecular flexibility index (Phi) is 7.09. The Morgan fingerprint density at radius 1 is 1.00 bits per heavy atom. The Balaban J connectivity index is 1.36. The van der Waals surface area contributed by atoms with Gasteiger partial charge in [0.25, 0.3) is 5.91 Å². The molecule has 4 amide bonds. The van der Waals surface area contributed by atoms with Crippen LogP contribution < -0.4 is 10.6 Å². The lowest BCUT2D eigenvalue weighted by Gasteiger charge is -2.31. The molecule has 2 atom stereocenters. The zero-order valence-electron chi connectivity index (χ0n) is 18.4.